The quantitative estimate of drug-likeness (QED) is 0.770. The van der Waals surface area contributed by atoms with Crippen molar-refractivity contribution < 1.29 is 14.6 Å². The fourth-order valence-corrected chi connectivity index (χ4v) is 3.79. The van der Waals surface area contributed by atoms with Gasteiger partial charge in [-0.1, -0.05) is 39.0 Å². The van der Waals surface area contributed by atoms with Gasteiger partial charge in [-0.25, -0.2) is 0 Å². The second-order valence-electron chi connectivity index (χ2n) is 9.21. The highest BCUT2D eigenvalue weighted by molar-refractivity contribution is 5.52. The standard InChI is InChI=1S/C24H32O3/c1-15-12-16(2)21-20(25)13-24(7,27-22(21)17(15)3)14-26-19-10-8-18(9-11-19)23(4,5)6/h8-12,20,25H,13-14H2,1-7H3. The molecule has 0 radical (unpaired) electrons. The third-order valence-electron chi connectivity index (χ3n) is 5.61. The predicted molar refractivity (Wildman–Crippen MR) is 110 cm³/mol. The van der Waals surface area contributed by atoms with Gasteiger partial charge in [0.2, 0.25) is 0 Å². The molecule has 2 unspecified atom stereocenters. The van der Waals surface area contributed by atoms with Crippen LogP contribution in [0, 0.1) is 20.8 Å². The molecule has 1 aliphatic rings. The van der Waals surface area contributed by atoms with Crippen LogP contribution in [0.3, 0.4) is 0 Å². The second-order valence-corrected chi connectivity index (χ2v) is 9.21. The molecule has 0 bridgehead atoms. The van der Waals surface area contributed by atoms with Crippen molar-refractivity contribution in [2.75, 3.05) is 6.61 Å². The van der Waals surface area contributed by atoms with Crippen LogP contribution in [-0.2, 0) is 5.41 Å². The Bertz CT molecular complexity index is 830. The molecule has 0 saturated heterocycles. The van der Waals surface area contributed by atoms with E-state index in [1.165, 1.54) is 11.1 Å². The highest BCUT2D eigenvalue weighted by Gasteiger charge is 2.39. The molecule has 0 fully saturated rings. The molecule has 2 aromatic carbocycles. The van der Waals surface area contributed by atoms with Gasteiger partial charge in [0.25, 0.3) is 0 Å². The monoisotopic (exact) mass is 368 g/mol. The average molecular weight is 369 g/mol. The van der Waals surface area contributed by atoms with Crippen LogP contribution < -0.4 is 9.47 Å². The Labute approximate surface area is 163 Å². The Kier molecular flexibility index (Phi) is 5.02. The molecule has 27 heavy (non-hydrogen) atoms. The zero-order chi connectivity index (χ0) is 20.0. The van der Waals surface area contributed by atoms with Crippen molar-refractivity contribution in [3.8, 4) is 11.5 Å². The summed E-state index contributed by atoms with van der Waals surface area (Å²) in [6, 6.07) is 10.4. The number of fused-ring (bicyclic) bond motifs is 1. The zero-order valence-electron chi connectivity index (χ0n) is 17.6. The minimum absolute atomic E-state index is 0.123. The van der Waals surface area contributed by atoms with Gasteiger partial charge in [-0.2, -0.15) is 0 Å². The lowest BCUT2D eigenvalue weighted by molar-refractivity contribution is -0.0310. The van der Waals surface area contributed by atoms with Crippen LogP contribution in [-0.4, -0.2) is 17.3 Å². The van der Waals surface area contributed by atoms with Crippen LogP contribution in [0.4, 0.5) is 0 Å². The zero-order valence-corrected chi connectivity index (χ0v) is 17.6. The summed E-state index contributed by atoms with van der Waals surface area (Å²) in [7, 11) is 0. The van der Waals surface area contributed by atoms with Crippen LogP contribution in [0.1, 0.15) is 68.0 Å². The van der Waals surface area contributed by atoms with Crippen molar-refractivity contribution in [2.24, 2.45) is 0 Å². The summed E-state index contributed by atoms with van der Waals surface area (Å²) in [6.07, 6.45) is -0.0198. The van der Waals surface area contributed by atoms with E-state index in [0.717, 1.165) is 28.2 Å². The van der Waals surface area contributed by atoms with Crippen molar-refractivity contribution in [3.05, 3.63) is 58.1 Å². The first-order valence-electron chi connectivity index (χ1n) is 9.71. The molecule has 0 saturated carbocycles. The van der Waals surface area contributed by atoms with Crippen molar-refractivity contribution in [2.45, 2.75) is 72.0 Å². The maximum absolute atomic E-state index is 10.8. The summed E-state index contributed by atoms with van der Waals surface area (Å²) in [4.78, 5) is 0. The topological polar surface area (TPSA) is 38.7 Å². The number of aryl methyl sites for hydroxylation is 2. The van der Waals surface area contributed by atoms with E-state index >= 15 is 0 Å². The fraction of sp³-hybridized carbons (Fsp3) is 0.500. The van der Waals surface area contributed by atoms with Crippen molar-refractivity contribution in [1.82, 2.24) is 0 Å². The predicted octanol–water partition coefficient (Wildman–Crippen LogP) is 5.56. The van der Waals surface area contributed by atoms with Gasteiger partial charge < -0.3 is 14.6 Å². The van der Waals surface area contributed by atoms with Crippen molar-refractivity contribution in [3.63, 3.8) is 0 Å². The van der Waals surface area contributed by atoms with Gasteiger partial charge >= 0.3 is 0 Å². The minimum atomic E-state index is -0.569. The number of hydrogen-bond acceptors (Lipinski definition) is 3. The summed E-state index contributed by atoms with van der Waals surface area (Å²) in [5.74, 6) is 1.64. The Morgan fingerprint density at radius 3 is 2.33 bits per heavy atom. The average Bonchev–Trinajstić information content (AvgIpc) is 2.57. The molecule has 146 valence electrons. The van der Waals surface area contributed by atoms with E-state index in [0.29, 0.717) is 13.0 Å². The maximum atomic E-state index is 10.8. The molecular weight excluding hydrogens is 336 g/mol. The van der Waals surface area contributed by atoms with E-state index in [9.17, 15) is 5.11 Å². The summed E-state index contributed by atoms with van der Waals surface area (Å²) >= 11 is 0. The van der Waals surface area contributed by atoms with Gasteiger partial charge in [0.15, 0.2) is 0 Å². The van der Waals surface area contributed by atoms with Crippen LogP contribution in [0.2, 0.25) is 0 Å². The first-order chi connectivity index (χ1) is 12.5. The minimum Gasteiger partial charge on any atom is -0.489 e. The van der Waals surface area contributed by atoms with Crippen LogP contribution >= 0.6 is 0 Å². The molecule has 1 heterocycles. The molecule has 1 N–H and O–H groups in total. The lowest BCUT2D eigenvalue weighted by Crippen LogP contribution is -2.44. The first kappa shape index (κ1) is 19.8. The fourth-order valence-electron chi connectivity index (χ4n) is 3.79. The molecule has 0 aromatic heterocycles. The molecular formula is C24H32O3. The number of hydrogen-bond donors (Lipinski definition) is 1. The normalized spacial score (nSPS) is 22.1. The van der Waals surface area contributed by atoms with E-state index in [2.05, 4.69) is 52.8 Å². The third kappa shape index (κ3) is 3.98. The third-order valence-corrected chi connectivity index (χ3v) is 5.61. The SMILES string of the molecule is Cc1cc(C)c2c(c1C)OC(C)(COc1ccc(C(C)(C)C)cc1)CC2O. The molecule has 2 atom stereocenters. The summed E-state index contributed by atoms with van der Waals surface area (Å²) < 4.78 is 12.4. The molecule has 3 rings (SSSR count). The van der Waals surface area contributed by atoms with E-state index < -0.39 is 11.7 Å². The number of ether oxygens (including phenoxy) is 2. The number of rotatable bonds is 3. The molecule has 0 aliphatic carbocycles. The second kappa shape index (κ2) is 6.87. The molecule has 3 heteroatoms. The Morgan fingerprint density at radius 2 is 1.74 bits per heavy atom. The molecule has 1 aliphatic heterocycles. The Hall–Kier alpha value is -2.00. The molecule has 0 amide bonds. The van der Waals surface area contributed by atoms with E-state index in [-0.39, 0.29) is 5.41 Å². The van der Waals surface area contributed by atoms with E-state index in [1.54, 1.807) is 0 Å². The Balaban J connectivity index is 1.78. The van der Waals surface area contributed by atoms with Gasteiger partial charge in [0.1, 0.15) is 23.7 Å². The van der Waals surface area contributed by atoms with E-state index in [4.69, 9.17) is 9.47 Å². The molecule has 3 nitrogen and oxygen atoms in total. The van der Waals surface area contributed by atoms with Gasteiger partial charge in [0, 0.05) is 12.0 Å². The van der Waals surface area contributed by atoms with Gasteiger partial charge in [-0.3, -0.25) is 0 Å². The molecule has 2 aromatic rings. The first-order valence-corrected chi connectivity index (χ1v) is 9.71. The highest BCUT2D eigenvalue weighted by atomic mass is 16.5. The van der Waals surface area contributed by atoms with Crippen LogP contribution in [0.5, 0.6) is 11.5 Å². The highest BCUT2D eigenvalue weighted by Crippen LogP contribution is 2.44. The van der Waals surface area contributed by atoms with Gasteiger partial charge in [-0.15, -0.1) is 0 Å². The van der Waals surface area contributed by atoms with E-state index in [1.807, 2.05) is 26.0 Å². The number of aliphatic hydroxyl groups is 1. The Morgan fingerprint density at radius 1 is 1.11 bits per heavy atom. The lowest BCUT2D eigenvalue weighted by atomic mass is 9.86. The van der Waals surface area contributed by atoms with Crippen molar-refractivity contribution in [1.29, 1.82) is 0 Å². The summed E-state index contributed by atoms with van der Waals surface area (Å²) in [5.41, 5.74) is 5.11. The lowest BCUT2D eigenvalue weighted by Gasteiger charge is -2.39. The number of aliphatic hydroxyl groups excluding tert-OH is 1. The van der Waals surface area contributed by atoms with Crippen molar-refractivity contribution >= 4 is 0 Å². The molecule has 0 spiro atoms. The van der Waals surface area contributed by atoms with Gasteiger partial charge in [-0.05, 0) is 67.5 Å². The smallest absolute Gasteiger partial charge is 0.143 e. The number of benzene rings is 2. The van der Waals surface area contributed by atoms with Crippen LogP contribution in [0.25, 0.3) is 0 Å². The maximum Gasteiger partial charge on any atom is 0.143 e. The van der Waals surface area contributed by atoms with Gasteiger partial charge in [0.05, 0.1) is 6.10 Å². The summed E-state index contributed by atoms with van der Waals surface area (Å²) in [5, 5.41) is 10.8. The van der Waals surface area contributed by atoms with Crippen LogP contribution in [0.15, 0.2) is 30.3 Å². The largest absolute Gasteiger partial charge is 0.489 e. The summed E-state index contributed by atoms with van der Waals surface area (Å²) in [6.45, 7) is 15.2.